The van der Waals surface area contributed by atoms with Crippen LogP contribution in [0.2, 0.25) is 0 Å². The summed E-state index contributed by atoms with van der Waals surface area (Å²) in [5, 5.41) is 16.0. The molecule has 0 saturated heterocycles. The molecule has 0 bridgehead atoms. The SMILES string of the molecule is Cc1cc(C)n(-c2ccc(NCc3ccncc3)nn2)n1. The van der Waals surface area contributed by atoms with Crippen LogP contribution in [0.5, 0.6) is 0 Å². The number of hydrogen-bond donors (Lipinski definition) is 1. The first kappa shape index (κ1) is 13.2. The first-order chi connectivity index (χ1) is 10.2. The highest BCUT2D eigenvalue weighted by molar-refractivity contribution is 5.37. The number of nitrogens with zero attached hydrogens (tertiary/aromatic N) is 5. The van der Waals surface area contributed by atoms with Crippen LogP contribution in [-0.2, 0) is 6.54 Å². The van der Waals surface area contributed by atoms with Crippen LogP contribution in [0.4, 0.5) is 5.82 Å². The zero-order chi connectivity index (χ0) is 14.7. The molecule has 3 aromatic rings. The van der Waals surface area contributed by atoms with Crippen LogP contribution in [0, 0.1) is 13.8 Å². The highest BCUT2D eigenvalue weighted by atomic mass is 15.4. The van der Waals surface area contributed by atoms with E-state index in [9.17, 15) is 0 Å². The van der Waals surface area contributed by atoms with Crippen molar-refractivity contribution in [3.05, 3.63) is 59.7 Å². The number of nitrogens with one attached hydrogen (secondary N) is 1. The maximum Gasteiger partial charge on any atom is 0.176 e. The number of hydrogen-bond acceptors (Lipinski definition) is 5. The quantitative estimate of drug-likeness (QED) is 0.794. The monoisotopic (exact) mass is 280 g/mol. The van der Waals surface area contributed by atoms with Crippen LogP contribution in [-0.4, -0.2) is 25.0 Å². The molecule has 3 rings (SSSR count). The lowest BCUT2D eigenvalue weighted by Gasteiger charge is -2.06. The highest BCUT2D eigenvalue weighted by Gasteiger charge is 2.05. The van der Waals surface area contributed by atoms with Gasteiger partial charge in [0.15, 0.2) is 5.82 Å². The number of aromatic nitrogens is 5. The molecule has 0 unspecified atom stereocenters. The van der Waals surface area contributed by atoms with Crippen molar-refractivity contribution in [3.8, 4) is 5.82 Å². The minimum atomic E-state index is 0.691. The summed E-state index contributed by atoms with van der Waals surface area (Å²) < 4.78 is 1.79. The van der Waals surface area contributed by atoms with Crippen molar-refractivity contribution in [1.82, 2.24) is 25.0 Å². The molecule has 21 heavy (non-hydrogen) atoms. The van der Waals surface area contributed by atoms with Gasteiger partial charge in [-0.15, -0.1) is 10.2 Å². The fourth-order valence-corrected chi connectivity index (χ4v) is 2.09. The Kier molecular flexibility index (Phi) is 3.59. The Labute approximate surface area is 122 Å². The van der Waals surface area contributed by atoms with Crippen molar-refractivity contribution in [2.24, 2.45) is 0 Å². The van der Waals surface area contributed by atoms with Crippen molar-refractivity contribution >= 4 is 5.82 Å². The van der Waals surface area contributed by atoms with Gasteiger partial charge in [-0.1, -0.05) is 0 Å². The van der Waals surface area contributed by atoms with Gasteiger partial charge < -0.3 is 5.32 Å². The number of pyridine rings is 1. The minimum absolute atomic E-state index is 0.691. The second-order valence-electron chi connectivity index (χ2n) is 4.82. The molecule has 0 saturated carbocycles. The predicted molar refractivity (Wildman–Crippen MR) is 80.2 cm³/mol. The Morgan fingerprint density at radius 1 is 1.05 bits per heavy atom. The van der Waals surface area contributed by atoms with E-state index in [0.29, 0.717) is 6.54 Å². The van der Waals surface area contributed by atoms with Crippen LogP contribution in [0.15, 0.2) is 42.7 Å². The Hall–Kier alpha value is -2.76. The average molecular weight is 280 g/mol. The lowest BCUT2D eigenvalue weighted by atomic mass is 10.3. The van der Waals surface area contributed by atoms with Crippen LogP contribution < -0.4 is 5.32 Å². The third-order valence-corrected chi connectivity index (χ3v) is 3.10. The van der Waals surface area contributed by atoms with E-state index >= 15 is 0 Å². The standard InChI is InChI=1S/C15H16N6/c1-11-9-12(2)21(20-11)15-4-3-14(18-19-15)17-10-13-5-7-16-8-6-13/h3-9H,10H2,1-2H3,(H,17,18). The lowest BCUT2D eigenvalue weighted by molar-refractivity contribution is 0.781. The van der Waals surface area contributed by atoms with E-state index in [2.05, 4.69) is 25.6 Å². The van der Waals surface area contributed by atoms with E-state index in [4.69, 9.17) is 0 Å². The molecule has 106 valence electrons. The zero-order valence-corrected chi connectivity index (χ0v) is 12.0. The van der Waals surface area contributed by atoms with E-state index < -0.39 is 0 Å². The van der Waals surface area contributed by atoms with Crippen molar-refractivity contribution in [1.29, 1.82) is 0 Å². The second-order valence-corrected chi connectivity index (χ2v) is 4.82. The fraction of sp³-hybridized carbons (Fsp3) is 0.200. The predicted octanol–water partition coefficient (Wildman–Crippen LogP) is 2.29. The first-order valence-corrected chi connectivity index (χ1v) is 6.72. The molecule has 0 amide bonds. The Bertz CT molecular complexity index is 718. The van der Waals surface area contributed by atoms with Gasteiger partial charge in [0.2, 0.25) is 0 Å². The van der Waals surface area contributed by atoms with Gasteiger partial charge in [-0.25, -0.2) is 4.68 Å². The van der Waals surface area contributed by atoms with Gasteiger partial charge in [0.25, 0.3) is 0 Å². The summed E-state index contributed by atoms with van der Waals surface area (Å²) in [6.07, 6.45) is 3.54. The Morgan fingerprint density at radius 3 is 2.48 bits per heavy atom. The topological polar surface area (TPSA) is 68.5 Å². The first-order valence-electron chi connectivity index (χ1n) is 6.72. The Balaban J connectivity index is 1.71. The largest absolute Gasteiger partial charge is 0.365 e. The molecule has 0 fully saturated rings. The van der Waals surface area contributed by atoms with E-state index in [1.807, 2.05) is 44.2 Å². The zero-order valence-electron chi connectivity index (χ0n) is 12.0. The lowest BCUT2D eigenvalue weighted by Crippen LogP contribution is -2.06. The van der Waals surface area contributed by atoms with E-state index in [0.717, 1.165) is 28.6 Å². The normalized spacial score (nSPS) is 10.6. The van der Waals surface area contributed by atoms with Gasteiger partial charge in [0, 0.05) is 24.6 Å². The third kappa shape index (κ3) is 3.05. The molecule has 6 nitrogen and oxygen atoms in total. The van der Waals surface area contributed by atoms with Crippen molar-refractivity contribution in [2.75, 3.05) is 5.32 Å². The van der Waals surface area contributed by atoms with Gasteiger partial charge in [-0.3, -0.25) is 4.98 Å². The van der Waals surface area contributed by atoms with Gasteiger partial charge in [0.1, 0.15) is 5.82 Å². The van der Waals surface area contributed by atoms with Crippen LogP contribution in [0.1, 0.15) is 17.0 Å². The number of anilines is 1. The number of rotatable bonds is 4. The molecular formula is C15H16N6. The second kappa shape index (κ2) is 5.70. The molecule has 3 heterocycles. The summed E-state index contributed by atoms with van der Waals surface area (Å²) in [6.45, 7) is 4.65. The Morgan fingerprint density at radius 2 is 1.86 bits per heavy atom. The van der Waals surface area contributed by atoms with Gasteiger partial charge in [-0.2, -0.15) is 5.10 Å². The van der Waals surface area contributed by atoms with Crippen LogP contribution in [0.25, 0.3) is 5.82 Å². The molecular weight excluding hydrogens is 264 g/mol. The molecule has 0 spiro atoms. The summed E-state index contributed by atoms with van der Waals surface area (Å²) in [5.41, 5.74) is 3.16. The minimum Gasteiger partial charge on any atom is -0.365 e. The summed E-state index contributed by atoms with van der Waals surface area (Å²) in [5.74, 6) is 1.45. The van der Waals surface area contributed by atoms with Crippen molar-refractivity contribution < 1.29 is 0 Å². The smallest absolute Gasteiger partial charge is 0.176 e. The molecule has 0 aliphatic heterocycles. The fourth-order valence-electron chi connectivity index (χ4n) is 2.09. The molecule has 6 heteroatoms. The van der Waals surface area contributed by atoms with E-state index in [1.165, 1.54) is 0 Å². The summed E-state index contributed by atoms with van der Waals surface area (Å²) in [6, 6.07) is 9.74. The molecule has 0 aromatic carbocycles. The summed E-state index contributed by atoms with van der Waals surface area (Å²) >= 11 is 0. The summed E-state index contributed by atoms with van der Waals surface area (Å²) in [7, 11) is 0. The molecule has 0 radical (unpaired) electrons. The molecule has 0 aliphatic carbocycles. The van der Waals surface area contributed by atoms with Crippen molar-refractivity contribution in [2.45, 2.75) is 20.4 Å². The van der Waals surface area contributed by atoms with Gasteiger partial charge in [0.05, 0.1) is 5.69 Å². The third-order valence-electron chi connectivity index (χ3n) is 3.10. The average Bonchev–Trinajstić information content (AvgIpc) is 2.85. The molecule has 1 N–H and O–H groups in total. The van der Waals surface area contributed by atoms with E-state index in [-0.39, 0.29) is 0 Å². The maximum absolute atomic E-state index is 4.39. The van der Waals surface area contributed by atoms with Crippen LogP contribution in [0.3, 0.4) is 0 Å². The van der Waals surface area contributed by atoms with Crippen molar-refractivity contribution in [3.63, 3.8) is 0 Å². The van der Waals surface area contributed by atoms with Crippen LogP contribution >= 0.6 is 0 Å². The summed E-state index contributed by atoms with van der Waals surface area (Å²) in [4.78, 5) is 3.99. The van der Waals surface area contributed by atoms with Gasteiger partial charge >= 0.3 is 0 Å². The molecule has 0 atom stereocenters. The molecule has 3 aromatic heterocycles. The van der Waals surface area contributed by atoms with E-state index in [1.54, 1.807) is 17.1 Å². The maximum atomic E-state index is 4.39. The highest BCUT2D eigenvalue weighted by Crippen LogP contribution is 2.11. The number of aryl methyl sites for hydroxylation is 2. The molecule has 0 aliphatic rings. The van der Waals surface area contributed by atoms with Gasteiger partial charge in [-0.05, 0) is 49.7 Å².